The van der Waals surface area contributed by atoms with Gasteiger partial charge in [0, 0.05) is 18.0 Å². The van der Waals surface area contributed by atoms with Gasteiger partial charge < -0.3 is 0 Å². The van der Waals surface area contributed by atoms with E-state index in [0.717, 1.165) is 0 Å². The maximum Gasteiger partial charge on any atom is 0.231 e. The Morgan fingerprint density at radius 2 is 1.79 bits per heavy atom. The smallest absolute Gasteiger partial charge is 0.231 e. The molecule has 5 heteroatoms. The van der Waals surface area contributed by atoms with Crippen LogP contribution in [-0.2, 0) is 20.0 Å². The highest BCUT2D eigenvalue weighted by molar-refractivity contribution is 5.89. The first-order chi connectivity index (χ1) is 9.30. The molecule has 0 atom stereocenters. The summed E-state index contributed by atoms with van der Waals surface area (Å²) < 4.78 is 0. The number of rotatable bonds is 6. The number of hydrogen-bond acceptors (Lipinski definition) is 5. The molecule has 0 radical (unpaired) electrons. The Hall–Kier alpha value is -2.53. The van der Waals surface area contributed by atoms with Gasteiger partial charge in [0.2, 0.25) is 5.60 Å². The maximum absolute atomic E-state index is 11.3. The van der Waals surface area contributed by atoms with Gasteiger partial charge in [0.25, 0.3) is 0 Å². The van der Waals surface area contributed by atoms with E-state index in [1.165, 1.54) is 6.20 Å². The number of benzene rings is 1. The van der Waals surface area contributed by atoms with E-state index in [1.807, 2.05) is 6.07 Å². The van der Waals surface area contributed by atoms with Crippen molar-refractivity contribution < 1.29 is 14.4 Å². The summed E-state index contributed by atoms with van der Waals surface area (Å²) in [6, 6.07) is 12.2. The molecule has 1 heterocycles. The van der Waals surface area contributed by atoms with Crippen molar-refractivity contribution in [2.24, 2.45) is 0 Å². The minimum Gasteiger partial charge on any atom is -0.299 e. The van der Waals surface area contributed by atoms with Crippen LogP contribution in [0.5, 0.6) is 0 Å². The highest BCUT2D eigenvalue weighted by Crippen LogP contribution is 2.21. The van der Waals surface area contributed by atoms with Gasteiger partial charge in [-0.1, -0.05) is 24.3 Å². The van der Waals surface area contributed by atoms with Crippen LogP contribution < -0.4 is 5.48 Å². The lowest BCUT2D eigenvalue weighted by molar-refractivity contribution is -0.139. The second-order valence-corrected chi connectivity index (χ2v) is 3.84. The van der Waals surface area contributed by atoms with Crippen LogP contribution in [0.2, 0.25) is 0 Å². The summed E-state index contributed by atoms with van der Waals surface area (Å²) in [4.78, 5) is 31.7. The van der Waals surface area contributed by atoms with Crippen molar-refractivity contribution in [3.05, 3.63) is 60.4 Å². The van der Waals surface area contributed by atoms with Gasteiger partial charge in [-0.05, 0) is 18.2 Å². The number of carbonyl (C=O) groups excluding carboxylic acids is 2. The molecule has 0 spiro atoms. The van der Waals surface area contributed by atoms with Crippen LogP contribution in [0.25, 0.3) is 0 Å². The summed E-state index contributed by atoms with van der Waals surface area (Å²) in [7, 11) is 0. The Morgan fingerprint density at radius 3 is 2.37 bits per heavy atom. The quantitative estimate of drug-likeness (QED) is 0.484. The normalized spacial score (nSPS) is 10.7. The molecular weight excluding hydrogens is 244 g/mol. The van der Waals surface area contributed by atoms with Crippen LogP contribution >= 0.6 is 0 Å². The number of anilines is 1. The van der Waals surface area contributed by atoms with E-state index in [-0.39, 0.29) is 0 Å². The molecule has 0 saturated heterocycles. The predicted octanol–water partition coefficient (Wildman–Crippen LogP) is 1.72. The lowest BCUT2D eigenvalue weighted by atomic mass is 9.99. The zero-order chi connectivity index (χ0) is 13.6. The minimum atomic E-state index is -1.70. The van der Waals surface area contributed by atoms with E-state index in [2.05, 4.69) is 10.5 Å². The summed E-state index contributed by atoms with van der Waals surface area (Å²) in [6.07, 6.45) is 3.84. The molecule has 1 N–H and O–H groups in total. The van der Waals surface area contributed by atoms with Crippen molar-refractivity contribution in [2.75, 3.05) is 5.48 Å². The number of nitrogens with zero attached hydrogens (tertiary/aromatic N) is 1. The van der Waals surface area contributed by atoms with Crippen LogP contribution in [0.4, 0.5) is 5.69 Å². The molecule has 96 valence electrons. The first-order valence-corrected chi connectivity index (χ1v) is 5.63. The Labute approximate surface area is 110 Å². The number of aromatic nitrogens is 1. The molecule has 0 amide bonds. The van der Waals surface area contributed by atoms with Gasteiger partial charge in [0.15, 0.2) is 12.6 Å². The molecule has 2 aromatic rings. The van der Waals surface area contributed by atoms with Crippen molar-refractivity contribution in [3.63, 3.8) is 0 Å². The Bertz CT molecular complexity index is 535. The van der Waals surface area contributed by atoms with Gasteiger partial charge in [-0.25, -0.2) is 4.84 Å². The molecule has 0 aliphatic heterocycles. The van der Waals surface area contributed by atoms with E-state index in [1.54, 1.807) is 42.6 Å². The van der Waals surface area contributed by atoms with E-state index in [9.17, 15) is 9.59 Å². The highest BCUT2D eigenvalue weighted by atomic mass is 16.7. The van der Waals surface area contributed by atoms with Crippen LogP contribution in [0.15, 0.2) is 54.9 Å². The van der Waals surface area contributed by atoms with Crippen molar-refractivity contribution in [2.45, 2.75) is 5.60 Å². The average Bonchev–Trinajstić information content (AvgIpc) is 2.51. The summed E-state index contributed by atoms with van der Waals surface area (Å²) in [5.74, 6) is 0. The third-order valence-corrected chi connectivity index (χ3v) is 2.57. The third kappa shape index (κ3) is 2.83. The van der Waals surface area contributed by atoms with Crippen LogP contribution in [0, 0.1) is 0 Å². The zero-order valence-electron chi connectivity index (χ0n) is 10.0. The Morgan fingerprint density at radius 1 is 1.05 bits per heavy atom. The van der Waals surface area contributed by atoms with Crippen molar-refractivity contribution >= 4 is 18.3 Å². The van der Waals surface area contributed by atoms with Crippen LogP contribution in [0.3, 0.4) is 0 Å². The summed E-state index contributed by atoms with van der Waals surface area (Å²) in [5, 5.41) is 0. The number of pyridine rings is 1. The average molecular weight is 256 g/mol. The molecule has 5 nitrogen and oxygen atoms in total. The van der Waals surface area contributed by atoms with Gasteiger partial charge >= 0.3 is 0 Å². The second kappa shape index (κ2) is 5.88. The fourth-order valence-electron chi connectivity index (χ4n) is 1.51. The second-order valence-electron chi connectivity index (χ2n) is 3.84. The first kappa shape index (κ1) is 12.9. The van der Waals surface area contributed by atoms with E-state index in [0.29, 0.717) is 23.8 Å². The number of nitrogens with one attached hydrogen (secondary N) is 1. The molecule has 0 saturated carbocycles. The molecule has 19 heavy (non-hydrogen) atoms. The summed E-state index contributed by atoms with van der Waals surface area (Å²) in [5.41, 5.74) is 1.89. The third-order valence-electron chi connectivity index (χ3n) is 2.57. The van der Waals surface area contributed by atoms with Gasteiger partial charge in [-0.3, -0.25) is 20.1 Å². The van der Waals surface area contributed by atoms with Crippen molar-refractivity contribution in [1.82, 2.24) is 4.98 Å². The number of para-hydroxylation sites is 1. The van der Waals surface area contributed by atoms with Crippen LogP contribution in [0.1, 0.15) is 5.56 Å². The lowest BCUT2D eigenvalue weighted by Gasteiger charge is -2.22. The van der Waals surface area contributed by atoms with Gasteiger partial charge in [-0.2, -0.15) is 0 Å². The number of aldehydes is 2. The monoisotopic (exact) mass is 256 g/mol. The molecule has 0 fully saturated rings. The molecule has 2 rings (SSSR count). The lowest BCUT2D eigenvalue weighted by Crippen LogP contribution is -2.35. The molecule has 0 aliphatic rings. The predicted molar refractivity (Wildman–Crippen MR) is 69.2 cm³/mol. The van der Waals surface area contributed by atoms with Gasteiger partial charge in [-0.15, -0.1) is 0 Å². The first-order valence-electron chi connectivity index (χ1n) is 5.63. The molecular formula is C14H12N2O3. The van der Waals surface area contributed by atoms with E-state index >= 15 is 0 Å². The van der Waals surface area contributed by atoms with Crippen LogP contribution in [-0.4, -0.2) is 17.6 Å². The highest BCUT2D eigenvalue weighted by Gasteiger charge is 2.34. The molecule has 0 aliphatic carbocycles. The molecule has 1 aromatic carbocycles. The summed E-state index contributed by atoms with van der Waals surface area (Å²) >= 11 is 0. The van der Waals surface area contributed by atoms with Gasteiger partial charge in [0.05, 0.1) is 5.69 Å². The fraction of sp³-hybridized carbons (Fsp3) is 0.0714. The SMILES string of the molecule is O=CC(C=O)(ONc1ccccc1)c1cccnc1. The number of hydrogen-bond donors (Lipinski definition) is 1. The van der Waals surface area contributed by atoms with Crippen molar-refractivity contribution in [3.8, 4) is 0 Å². The minimum absolute atomic E-state index is 0.364. The molecule has 0 unspecified atom stereocenters. The topological polar surface area (TPSA) is 68.3 Å². The standard InChI is InChI=1S/C14H12N2O3/c17-10-14(11-18,12-5-4-8-15-9-12)19-16-13-6-2-1-3-7-13/h1-11,16H. The summed E-state index contributed by atoms with van der Waals surface area (Å²) in [6.45, 7) is 0. The fourth-order valence-corrected chi connectivity index (χ4v) is 1.51. The zero-order valence-corrected chi connectivity index (χ0v) is 10.0. The van der Waals surface area contributed by atoms with E-state index in [4.69, 9.17) is 4.84 Å². The maximum atomic E-state index is 11.3. The Balaban J connectivity index is 2.21. The number of carbonyl (C=O) groups is 2. The Kier molecular flexibility index (Phi) is 4.00. The van der Waals surface area contributed by atoms with E-state index < -0.39 is 5.60 Å². The van der Waals surface area contributed by atoms with Gasteiger partial charge in [0.1, 0.15) is 0 Å². The largest absolute Gasteiger partial charge is 0.299 e. The van der Waals surface area contributed by atoms with Crippen molar-refractivity contribution in [1.29, 1.82) is 0 Å². The molecule has 0 bridgehead atoms. The molecule has 1 aromatic heterocycles.